The van der Waals surface area contributed by atoms with Gasteiger partial charge in [0.15, 0.2) is 0 Å². The van der Waals surface area contributed by atoms with Crippen molar-refractivity contribution in [1.82, 2.24) is 0 Å². The first-order valence-electron chi connectivity index (χ1n) is 7.61. The molecule has 124 valence electrons. The van der Waals surface area contributed by atoms with E-state index in [1.165, 1.54) is 23.3 Å². The summed E-state index contributed by atoms with van der Waals surface area (Å²) in [6.07, 6.45) is 0. The van der Waals surface area contributed by atoms with Crippen molar-refractivity contribution in [3.8, 4) is 0 Å². The average molecular weight is 342 g/mol. The predicted molar refractivity (Wildman–Crippen MR) is 96.8 cm³/mol. The maximum absolute atomic E-state index is 12.2. The number of carbonyl (C=O) groups excluding carboxylic acids is 1. The van der Waals surface area contributed by atoms with Gasteiger partial charge in [0.05, 0.1) is 16.9 Å². The van der Waals surface area contributed by atoms with Crippen molar-refractivity contribution in [2.75, 3.05) is 16.4 Å². The van der Waals surface area contributed by atoms with Crippen LogP contribution < -0.4 is 10.6 Å². The summed E-state index contributed by atoms with van der Waals surface area (Å²) in [4.78, 5) is 23.2. The number of benzene rings is 2. The molecule has 0 aliphatic carbocycles. The number of amides is 1. The fraction of sp³-hybridized carbons (Fsp3) is 0.222. The van der Waals surface area contributed by atoms with Crippen LogP contribution in [0.4, 0.5) is 11.4 Å². The number of thioether (sulfide) groups is 1. The number of hydrogen-bond acceptors (Lipinski definition) is 4. The highest BCUT2D eigenvalue weighted by molar-refractivity contribution is 7.98. The van der Waals surface area contributed by atoms with Crippen molar-refractivity contribution >= 4 is 35.0 Å². The predicted octanol–water partition coefficient (Wildman–Crippen LogP) is 3.36. The van der Waals surface area contributed by atoms with Crippen molar-refractivity contribution in [3.05, 3.63) is 59.2 Å². The molecule has 0 saturated heterocycles. The van der Waals surface area contributed by atoms with Crippen molar-refractivity contribution < 1.29 is 14.7 Å². The van der Waals surface area contributed by atoms with E-state index in [4.69, 9.17) is 5.11 Å². The summed E-state index contributed by atoms with van der Waals surface area (Å²) in [5.74, 6) is 0.334. The van der Waals surface area contributed by atoms with Crippen LogP contribution in [-0.2, 0) is 10.5 Å². The number of nitrogens with one attached hydrogen (secondary N) is 2. The molecule has 1 aliphatic rings. The third-order valence-corrected chi connectivity index (χ3v) is 4.95. The van der Waals surface area contributed by atoms with Crippen LogP contribution in [0.5, 0.6) is 0 Å². The molecule has 0 saturated carbocycles. The van der Waals surface area contributed by atoms with Gasteiger partial charge in [-0.2, -0.15) is 11.8 Å². The lowest BCUT2D eigenvalue weighted by molar-refractivity contribution is -0.116. The Hall–Kier alpha value is -2.47. The Morgan fingerprint density at radius 2 is 1.92 bits per heavy atom. The van der Waals surface area contributed by atoms with Crippen LogP contribution in [0.2, 0.25) is 0 Å². The Morgan fingerprint density at radius 1 is 1.17 bits per heavy atom. The largest absolute Gasteiger partial charge is 0.478 e. The first-order chi connectivity index (χ1) is 11.5. The summed E-state index contributed by atoms with van der Waals surface area (Å²) in [5, 5.41) is 15.0. The Kier molecular flexibility index (Phi) is 4.76. The zero-order chi connectivity index (χ0) is 17.1. The van der Waals surface area contributed by atoms with Gasteiger partial charge in [-0.25, -0.2) is 4.79 Å². The molecule has 1 heterocycles. The highest BCUT2D eigenvalue weighted by Crippen LogP contribution is 2.29. The van der Waals surface area contributed by atoms with Gasteiger partial charge in [0, 0.05) is 11.5 Å². The molecule has 0 unspecified atom stereocenters. The minimum absolute atomic E-state index is 0.138. The number of carboxylic acids is 1. The van der Waals surface area contributed by atoms with Crippen LogP contribution in [0.25, 0.3) is 0 Å². The van der Waals surface area contributed by atoms with Gasteiger partial charge >= 0.3 is 5.97 Å². The summed E-state index contributed by atoms with van der Waals surface area (Å²) in [6, 6.07) is 12.7. The minimum atomic E-state index is -1.01. The zero-order valence-corrected chi connectivity index (χ0v) is 14.0. The molecular weight excluding hydrogens is 324 g/mol. The van der Waals surface area contributed by atoms with Crippen molar-refractivity contribution in [3.63, 3.8) is 0 Å². The number of anilines is 2. The van der Waals surface area contributed by atoms with E-state index < -0.39 is 5.97 Å². The smallest absolute Gasteiger partial charge is 0.335 e. The molecule has 6 heteroatoms. The first-order valence-corrected chi connectivity index (χ1v) is 8.76. The lowest BCUT2D eigenvalue weighted by Gasteiger charge is -2.26. The molecule has 0 fully saturated rings. The van der Waals surface area contributed by atoms with Gasteiger partial charge in [-0.05, 0) is 30.7 Å². The van der Waals surface area contributed by atoms with Crippen LogP contribution in [0.1, 0.15) is 21.5 Å². The molecule has 2 aromatic carbocycles. The van der Waals surface area contributed by atoms with Crippen LogP contribution in [0.3, 0.4) is 0 Å². The molecule has 3 N–H and O–H groups in total. The lowest BCUT2D eigenvalue weighted by Crippen LogP contribution is -2.40. The molecule has 3 rings (SSSR count). The standard InChI is InChI=1S/C18H18N2O3S/c1-11-2-4-12(5-3-11)9-24-10-16-17(21)20-15-8-13(18(22)23)6-7-14(15)19-16/h2-8,16,19H,9-10H2,1H3,(H,20,21)(H,22,23)/t16-/m1/s1. The Morgan fingerprint density at radius 3 is 2.62 bits per heavy atom. The lowest BCUT2D eigenvalue weighted by atomic mass is 10.1. The summed E-state index contributed by atoms with van der Waals surface area (Å²) in [6.45, 7) is 2.06. The van der Waals surface area contributed by atoms with Crippen molar-refractivity contribution in [2.45, 2.75) is 18.7 Å². The van der Waals surface area contributed by atoms with E-state index in [0.29, 0.717) is 11.4 Å². The fourth-order valence-corrected chi connectivity index (χ4v) is 3.49. The van der Waals surface area contributed by atoms with E-state index in [9.17, 15) is 9.59 Å². The number of aromatic carboxylic acids is 1. The molecule has 0 spiro atoms. The molecule has 0 bridgehead atoms. The molecule has 1 amide bonds. The number of rotatable bonds is 5. The van der Waals surface area contributed by atoms with Crippen LogP contribution in [0, 0.1) is 6.92 Å². The Bertz CT molecular complexity index is 774. The molecule has 1 atom stereocenters. The Labute approximate surface area is 144 Å². The van der Waals surface area contributed by atoms with Gasteiger partial charge in [-0.1, -0.05) is 29.8 Å². The van der Waals surface area contributed by atoms with Gasteiger partial charge in [-0.15, -0.1) is 0 Å². The summed E-state index contributed by atoms with van der Waals surface area (Å²) in [7, 11) is 0. The highest BCUT2D eigenvalue weighted by atomic mass is 32.2. The second-order valence-corrected chi connectivity index (χ2v) is 6.78. The average Bonchev–Trinajstić information content (AvgIpc) is 2.56. The van der Waals surface area contributed by atoms with E-state index >= 15 is 0 Å². The van der Waals surface area contributed by atoms with Crippen molar-refractivity contribution in [2.24, 2.45) is 0 Å². The SMILES string of the molecule is Cc1ccc(CSC[C@H]2Nc3ccc(C(=O)O)cc3NC2=O)cc1. The van der Waals surface area contributed by atoms with E-state index in [-0.39, 0.29) is 17.5 Å². The number of carbonyl (C=O) groups is 2. The molecule has 0 radical (unpaired) electrons. The molecule has 0 aromatic heterocycles. The van der Waals surface area contributed by atoms with Crippen molar-refractivity contribution in [1.29, 1.82) is 0 Å². The maximum atomic E-state index is 12.2. The van der Waals surface area contributed by atoms with E-state index in [0.717, 1.165) is 11.4 Å². The van der Waals surface area contributed by atoms with Crippen LogP contribution in [0.15, 0.2) is 42.5 Å². The third-order valence-electron chi connectivity index (χ3n) is 3.84. The van der Waals surface area contributed by atoms with Gasteiger partial charge in [0.1, 0.15) is 6.04 Å². The molecule has 24 heavy (non-hydrogen) atoms. The number of fused-ring (bicyclic) bond motifs is 1. The number of hydrogen-bond donors (Lipinski definition) is 3. The first kappa shape index (κ1) is 16.4. The molecule has 5 nitrogen and oxygen atoms in total. The minimum Gasteiger partial charge on any atom is -0.478 e. The van der Waals surface area contributed by atoms with Gasteiger partial charge in [0.25, 0.3) is 0 Å². The summed E-state index contributed by atoms with van der Waals surface area (Å²) >= 11 is 1.69. The zero-order valence-electron chi connectivity index (χ0n) is 13.2. The van der Waals surface area contributed by atoms with Crippen LogP contribution in [-0.4, -0.2) is 28.8 Å². The Balaban J connectivity index is 1.60. The highest BCUT2D eigenvalue weighted by Gasteiger charge is 2.25. The van der Waals surface area contributed by atoms with E-state index in [2.05, 4.69) is 41.8 Å². The van der Waals surface area contributed by atoms with E-state index in [1.54, 1.807) is 17.8 Å². The third kappa shape index (κ3) is 3.71. The maximum Gasteiger partial charge on any atom is 0.335 e. The molecular formula is C18H18N2O3S. The number of aryl methyl sites for hydroxylation is 1. The van der Waals surface area contributed by atoms with Gasteiger partial charge in [-0.3, -0.25) is 4.79 Å². The van der Waals surface area contributed by atoms with Gasteiger partial charge < -0.3 is 15.7 Å². The summed E-state index contributed by atoms with van der Waals surface area (Å²) in [5.41, 5.74) is 3.88. The quantitative estimate of drug-likeness (QED) is 0.776. The topological polar surface area (TPSA) is 78.4 Å². The second-order valence-electron chi connectivity index (χ2n) is 5.75. The fourth-order valence-electron chi connectivity index (χ4n) is 2.48. The monoisotopic (exact) mass is 342 g/mol. The van der Waals surface area contributed by atoms with E-state index in [1.807, 2.05) is 0 Å². The molecule has 1 aliphatic heterocycles. The second kappa shape index (κ2) is 6.97. The number of carboxylic acid groups (broad SMARTS) is 1. The van der Waals surface area contributed by atoms with Gasteiger partial charge in [0.2, 0.25) is 5.91 Å². The summed E-state index contributed by atoms with van der Waals surface area (Å²) < 4.78 is 0. The normalized spacial score (nSPS) is 16.0. The molecule has 2 aromatic rings. The van der Waals surface area contributed by atoms with Crippen LogP contribution >= 0.6 is 11.8 Å².